The zero-order valence-corrected chi connectivity index (χ0v) is 13.0. The summed E-state index contributed by atoms with van der Waals surface area (Å²) in [5.74, 6) is -0.583. The van der Waals surface area contributed by atoms with E-state index in [-0.39, 0.29) is 17.9 Å². The van der Waals surface area contributed by atoms with Crippen LogP contribution < -0.4 is 0 Å². The van der Waals surface area contributed by atoms with Crippen LogP contribution in [0.4, 0.5) is 0 Å². The number of carbonyl (C=O) groups excluding carboxylic acids is 2. The molecule has 2 rings (SSSR count). The van der Waals surface area contributed by atoms with Gasteiger partial charge >= 0.3 is 5.97 Å². The van der Waals surface area contributed by atoms with E-state index in [0.717, 1.165) is 5.56 Å². The van der Waals surface area contributed by atoms with E-state index >= 15 is 0 Å². The van der Waals surface area contributed by atoms with Crippen molar-refractivity contribution < 1.29 is 14.3 Å². The van der Waals surface area contributed by atoms with Crippen molar-refractivity contribution in [2.75, 3.05) is 0 Å². The summed E-state index contributed by atoms with van der Waals surface area (Å²) in [4.78, 5) is 28.3. The lowest BCUT2D eigenvalue weighted by Crippen LogP contribution is -2.24. The topological polar surface area (TPSA) is 56.3 Å². The molecule has 0 saturated carbocycles. The fourth-order valence-corrected chi connectivity index (χ4v) is 1.92. The third-order valence-electron chi connectivity index (χ3n) is 2.89. The van der Waals surface area contributed by atoms with Crippen LogP contribution in [0.5, 0.6) is 0 Å². The van der Waals surface area contributed by atoms with Gasteiger partial charge in [-0.25, -0.2) is 4.79 Å². The largest absolute Gasteiger partial charge is 0.456 e. The standard InChI is InChI=1S/C18H19NO3/c1-18(2,3)22-17(21)14-9-10-19-15(12-14)16(20)11-13-7-5-4-6-8-13/h4-10,12H,11H2,1-3H3. The van der Waals surface area contributed by atoms with Gasteiger partial charge in [0.25, 0.3) is 0 Å². The number of hydrogen-bond donors (Lipinski definition) is 0. The highest BCUT2D eigenvalue weighted by Crippen LogP contribution is 2.13. The smallest absolute Gasteiger partial charge is 0.338 e. The van der Waals surface area contributed by atoms with Crippen LogP contribution in [0.3, 0.4) is 0 Å². The Hall–Kier alpha value is -2.49. The van der Waals surface area contributed by atoms with Gasteiger partial charge in [0, 0.05) is 12.6 Å². The number of hydrogen-bond acceptors (Lipinski definition) is 4. The molecule has 2 aromatic rings. The summed E-state index contributed by atoms with van der Waals surface area (Å²) in [6, 6.07) is 12.5. The Balaban J connectivity index is 2.14. The molecule has 0 bridgehead atoms. The zero-order valence-electron chi connectivity index (χ0n) is 13.0. The van der Waals surface area contributed by atoms with Gasteiger partial charge < -0.3 is 4.74 Å². The van der Waals surface area contributed by atoms with Crippen molar-refractivity contribution in [1.29, 1.82) is 0 Å². The number of nitrogens with zero attached hydrogens (tertiary/aromatic N) is 1. The number of aromatic nitrogens is 1. The maximum atomic E-state index is 12.3. The second-order valence-corrected chi connectivity index (χ2v) is 6.02. The number of Topliss-reactive ketones (excluding diaryl/α,β-unsaturated/α-hetero) is 1. The molecule has 0 aliphatic rings. The molecule has 0 aliphatic heterocycles. The Bertz CT molecular complexity index is 672. The molecule has 1 heterocycles. The number of rotatable bonds is 4. The number of ketones is 1. The Morgan fingerprint density at radius 3 is 2.41 bits per heavy atom. The van der Waals surface area contributed by atoms with Crippen molar-refractivity contribution in [2.45, 2.75) is 32.8 Å². The van der Waals surface area contributed by atoms with Crippen LogP contribution in [0.1, 0.15) is 47.2 Å². The highest BCUT2D eigenvalue weighted by atomic mass is 16.6. The van der Waals surface area contributed by atoms with E-state index in [1.165, 1.54) is 12.3 Å². The molecular weight excluding hydrogens is 278 g/mol. The number of carbonyl (C=O) groups is 2. The molecule has 0 radical (unpaired) electrons. The van der Waals surface area contributed by atoms with Gasteiger partial charge in [0.1, 0.15) is 11.3 Å². The molecule has 0 spiro atoms. The first-order chi connectivity index (χ1) is 10.3. The summed E-state index contributed by atoms with van der Waals surface area (Å²) in [6.45, 7) is 5.40. The molecule has 1 aromatic carbocycles. The van der Waals surface area contributed by atoms with E-state index in [4.69, 9.17) is 4.74 Å². The van der Waals surface area contributed by atoms with Gasteiger partial charge in [0.15, 0.2) is 5.78 Å². The second-order valence-electron chi connectivity index (χ2n) is 6.02. The van der Waals surface area contributed by atoms with Crippen LogP contribution in [-0.4, -0.2) is 22.3 Å². The first kappa shape index (κ1) is 15.9. The Kier molecular flexibility index (Phi) is 4.71. The normalized spacial score (nSPS) is 11.0. The number of ether oxygens (including phenoxy) is 1. The molecule has 4 heteroatoms. The molecule has 0 fully saturated rings. The monoisotopic (exact) mass is 297 g/mol. The Morgan fingerprint density at radius 2 is 1.77 bits per heavy atom. The van der Waals surface area contributed by atoms with E-state index in [9.17, 15) is 9.59 Å². The van der Waals surface area contributed by atoms with Crippen LogP contribution >= 0.6 is 0 Å². The van der Waals surface area contributed by atoms with Crippen LogP contribution in [-0.2, 0) is 11.2 Å². The van der Waals surface area contributed by atoms with Gasteiger partial charge in [0.05, 0.1) is 5.56 Å². The van der Waals surface area contributed by atoms with Gasteiger partial charge in [-0.3, -0.25) is 9.78 Å². The van der Waals surface area contributed by atoms with Crippen LogP contribution in [0.2, 0.25) is 0 Å². The fourth-order valence-electron chi connectivity index (χ4n) is 1.92. The maximum Gasteiger partial charge on any atom is 0.338 e. The summed E-state index contributed by atoms with van der Waals surface area (Å²) >= 11 is 0. The highest BCUT2D eigenvalue weighted by Gasteiger charge is 2.19. The molecule has 0 unspecified atom stereocenters. The quantitative estimate of drug-likeness (QED) is 0.640. The fraction of sp³-hybridized carbons (Fsp3) is 0.278. The van der Waals surface area contributed by atoms with Crippen molar-refractivity contribution in [3.63, 3.8) is 0 Å². The molecule has 0 saturated heterocycles. The maximum absolute atomic E-state index is 12.3. The van der Waals surface area contributed by atoms with Crippen LogP contribution in [0.25, 0.3) is 0 Å². The number of esters is 1. The van der Waals surface area contributed by atoms with Gasteiger partial charge in [-0.15, -0.1) is 0 Å². The third kappa shape index (κ3) is 4.52. The molecule has 0 atom stereocenters. The van der Waals surface area contributed by atoms with E-state index in [2.05, 4.69) is 4.98 Å². The van der Waals surface area contributed by atoms with E-state index in [0.29, 0.717) is 5.56 Å². The molecule has 0 N–H and O–H groups in total. The van der Waals surface area contributed by atoms with Crippen molar-refractivity contribution in [1.82, 2.24) is 4.98 Å². The molecule has 114 valence electrons. The minimum atomic E-state index is -0.575. The third-order valence-corrected chi connectivity index (χ3v) is 2.89. The Morgan fingerprint density at radius 1 is 1.09 bits per heavy atom. The predicted molar refractivity (Wildman–Crippen MR) is 83.9 cm³/mol. The van der Waals surface area contributed by atoms with Crippen molar-refractivity contribution in [3.8, 4) is 0 Å². The average Bonchev–Trinajstić information content (AvgIpc) is 2.46. The molecule has 0 amide bonds. The lowest BCUT2D eigenvalue weighted by molar-refractivity contribution is 0.00694. The van der Waals surface area contributed by atoms with Gasteiger partial charge in [-0.05, 0) is 38.5 Å². The molecular formula is C18H19NO3. The first-order valence-corrected chi connectivity index (χ1v) is 7.12. The molecule has 0 aliphatic carbocycles. The first-order valence-electron chi connectivity index (χ1n) is 7.12. The van der Waals surface area contributed by atoms with Crippen molar-refractivity contribution in [2.24, 2.45) is 0 Å². The molecule has 22 heavy (non-hydrogen) atoms. The van der Waals surface area contributed by atoms with Crippen LogP contribution in [0.15, 0.2) is 48.7 Å². The molecule has 1 aromatic heterocycles. The SMILES string of the molecule is CC(C)(C)OC(=O)c1ccnc(C(=O)Cc2ccccc2)c1. The Labute approximate surface area is 130 Å². The van der Waals surface area contributed by atoms with Gasteiger partial charge in [0.2, 0.25) is 0 Å². The van der Waals surface area contributed by atoms with E-state index in [1.54, 1.807) is 26.8 Å². The lowest BCUT2D eigenvalue weighted by Gasteiger charge is -2.19. The second kappa shape index (κ2) is 6.52. The highest BCUT2D eigenvalue weighted by molar-refractivity contribution is 5.98. The number of pyridine rings is 1. The lowest BCUT2D eigenvalue weighted by atomic mass is 10.1. The number of benzene rings is 1. The van der Waals surface area contributed by atoms with Crippen molar-refractivity contribution in [3.05, 3.63) is 65.5 Å². The minimum Gasteiger partial charge on any atom is -0.456 e. The summed E-state index contributed by atoms with van der Waals surface area (Å²) in [5, 5.41) is 0. The summed E-state index contributed by atoms with van der Waals surface area (Å²) < 4.78 is 5.30. The predicted octanol–water partition coefficient (Wildman–Crippen LogP) is 3.46. The molecule has 4 nitrogen and oxygen atoms in total. The average molecular weight is 297 g/mol. The van der Waals surface area contributed by atoms with E-state index < -0.39 is 11.6 Å². The van der Waals surface area contributed by atoms with Crippen LogP contribution in [0, 0.1) is 0 Å². The summed E-state index contributed by atoms with van der Waals surface area (Å²) in [5.41, 5.74) is 0.944. The zero-order chi connectivity index (χ0) is 16.2. The van der Waals surface area contributed by atoms with Gasteiger partial charge in [-0.2, -0.15) is 0 Å². The van der Waals surface area contributed by atoms with E-state index in [1.807, 2.05) is 30.3 Å². The minimum absolute atomic E-state index is 0.128. The van der Waals surface area contributed by atoms with Gasteiger partial charge in [-0.1, -0.05) is 30.3 Å². The summed E-state index contributed by atoms with van der Waals surface area (Å²) in [6.07, 6.45) is 1.71. The van der Waals surface area contributed by atoms with Crippen molar-refractivity contribution >= 4 is 11.8 Å². The summed E-state index contributed by atoms with van der Waals surface area (Å²) in [7, 11) is 0.